The molecule has 0 aliphatic carbocycles. The molecule has 1 aliphatic heterocycles. The monoisotopic (exact) mass is 516 g/mol. The van der Waals surface area contributed by atoms with E-state index in [9.17, 15) is 4.39 Å². The van der Waals surface area contributed by atoms with Gasteiger partial charge in [-0.15, -0.1) is 35.3 Å². The number of thiophene rings is 1. The van der Waals surface area contributed by atoms with Gasteiger partial charge in [0.2, 0.25) is 0 Å². The molecule has 1 aromatic heterocycles. The van der Waals surface area contributed by atoms with Crippen molar-refractivity contribution in [2.45, 2.75) is 25.3 Å². The summed E-state index contributed by atoms with van der Waals surface area (Å²) in [6, 6.07) is 11.8. The number of aliphatic imine (C=N–C) groups is 1. The van der Waals surface area contributed by atoms with Crippen LogP contribution in [0.2, 0.25) is 0 Å². The SMILES string of the molecule is CN=C(NCCc1ccccc1F)NCC1CCCN(C)C1c1cccs1.I. The van der Waals surface area contributed by atoms with Gasteiger partial charge in [0.25, 0.3) is 0 Å². The first-order valence-corrected chi connectivity index (χ1v) is 10.5. The van der Waals surface area contributed by atoms with Crippen LogP contribution in [0.25, 0.3) is 0 Å². The number of hydrogen-bond donors (Lipinski definition) is 2. The molecule has 1 saturated heterocycles. The van der Waals surface area contributed by atoms with Gasteiger partial charge in [0.15, 0.2) is 5.96 Å². The number of nitrogens with zero attached hydrogens (tertiary/aromatic N) is 2. The van der Waals surface area contributed by atoms with E-state index < -0.39 is 0 Å². The van der Waals surface area contributed by atoms with Crippen LogP contribution in [0, 0.1) is 11.7 Å². The molecule has 2 aromatic rings. The average molecular weight is 516 g/mol. The van der Waals surface area contributed by atoms with Crippen molar-refractivity contribution in [2.75, 3.05) is 33.7 Å². The van der Waals surface area contributed by atoms with Crippen molar-refractivity contribution in [1.29, 1.82) is 0 Å². The highest BCUT2D eigenvalue weighted by atomic mass is 127. The number of piperidine rings is 1. The smallest absolute Gasteiger partial charge is 0.190 e. The molecule has 2 heterocycles. The molecule has 0 amide bonds. The summed E-state index contributed by atoms with van der Waals surface area (Å²) in [6.45, 7) is 2.68. The second-order valence-electron chi connectivity index (χ2n) is 7.06. The minimum absolute atomic E-state index is 0. The Bertz CT molecular complexity index is 738. The van der Waals surface area contributed by atoms with Crippen LogP contribution in [-0.2, 0) is 6.42 Å². The van der Waals surface area contributed by atoms with Crippen LogP contribution in [0.15, 0.2) is 46.8 Å². The molecule has 7 heteroatoms. The van der Waals surface area contributed by atoms with Crippen LogP contribution in [0.3, 0.4) is 0 Å². The summed E-state index contributed by atoms with van der Waals surface area (Å²) >= 11 is 1.84. The summed E-state index contributed by atoms with van der Waals surface area (Å²) in [4.78, 5) is 8.23. The molecule has 1 aromatic carbocycles. The van der Waals surface area contributed by atoms with E-state index in [0.29, 0.717) is 24.9 Å². The normalized spacial score (nSPS) is 20.5. The Balaban J connectivity index is 0.00000280. The molecule has 0 bridgehead atoms. The van der Waals surface area contributed by atoms with Crippen molar-refractivity contribution in [3.05, 3.63) is 58.0 Å². The molecule has 2 atom stereocenters. The zero-order chi connectivity index (χ0) is 19.1. The summed E-state index contributed by atoms with van der Waals surface area (Å²) in [7, 11) is 4.00. The molecule has 3 rings (SSSR count). The van der Waals surface area contributed by atoms with Crippen LogP contribution < -0.4 is 10.6 Å². The van der Waals surface area contributed by atoms with Gasteiger partial charge in [-0.2, -0.15) is 0 Å². The molecular formula is C21H30FIN4S. The number of likely N-dealkylation sites (tertiary alicyclic amines) is 1. The molecule has 1 aliphatic rings. The maximum atomic E-state index is 13.7. The fourth-order valence-corrected chi connectivity index (χ4v) is 4.83. The summed E-state index contributed by atoms with van der Waals surface area (Å²) in [5.41, 5.74) is 0.729. The number of rotatable bonds is 6. The van der Waals surface area contributed by atoms with E-state index in [1.54, 1.807) is 13.1 Å². The topological polar surface area (TPSA) is 39.7 Å². The number of guanidine groups is 1. The van der Waals surface area contributed by atoms with Gasteiger partial charge in [-0.1, -0.05) is 24.3 Å². The number of nitrogens with one attached hydrogen (secondary N) is 2. The van der Waals surface area contributed by atoms with Gasteiger partial charge in [-0.25, -0.2) is 4.39 Å². The fourth-order valence-electron chi connectivity index (χ4n) is 3.85. The van der Waals surface area contributed by atoms with E-state index in [1.807, 2.05) is 23.5 Å². The molecular weight excluding hydrogens is 486 g/mol. The minimum atomic E-state index is -0.147. The molecule has 0 saturated carbocycles. The number of halogens is 2. The zero-order valence-corrected chi connectivity index (χ0v) is 19.7. The second kappa shape index (κ2) is 11.7. The van der Waals surface area contributed by atoms with E-state index in [1.165, 1.54) is 23.8 Å². The standard InChI is InChI=1S/C21H29FN4S.HI/c1-23-21(24-12-11-16-7-3-4-9-18(16)22)25-15-17-8-5-13-26(2)20(17)19-10-6-14-27-19;/h3-4,6-7,9-10,14,17,20H,5,8,11-13,15H2,1-2H3,(H2,23,24,25);1H. The lowest BCUT2D eigenvalue weighted by Gasteiger charge is -2.39. The quantitative estimate of drug-likeness (QED) is 0.342. The molecule has 0 radical (unpaired) electrons. The Labute approximate surface area is 188 Å². The summed E-state index contributed by atoms with van der Waals surface area (Å²) < 4.78 is 13.7. The number of benzene rings is 1. The molecule has 28 heavy (non-hydrogen) atoms. The highest BCUT2D eigenvalue weighted by Gasteiger charge is 2.31. The Morgan fingerprint density at radius 2 is 2.07 bits per heavy atom. The van der Waals surface area contributed by atoms with E-state index in [4.69, 9.17) is 0 Å². The van der Waals surface area contributed by atoms with E-state index >= 15 is 0 Å². The number of hydrogen-bond acceptors (Lipinski definition) is 3. The van der Waals surface area contributed by atoms with Crippen molar-refractivity contribution in [3.8, 4) is 0 Å². The van der Waals surface area contributed by atoms with Crippen molar-refractivity contribution in [2.24, 2.45) is 10.9 Å². The Morgan fingerprint density at radius 3 is 2.79 bits per heavy atom. The van der Waals surface area contributed by atoms with Crippen molar-refractivity contribution < 1.29 is 4.39 Å². The first kappa shape index (κ1) is 23.1. The predicted molar refractivity (Wildman–Crippen MR) is 127 cm³/mol. The fraction of sp³-hybridized carbons (Fsp3) is 0.476. The van der Waals surface area contributed by atoms with Crippen molar-refractivity contribution >= 4 is 41.3 Å². The third-order valence-corrected chi connectivity index (χ3v) is 6.18. The van der Waals surface area contributed by atoms with Gasteiger partial charge < -0.3 is 10.6 Å². The molecule has 0 spiro atoms. The van der Waals surface area contributed by atoms with Crippen LogP contribution in [0.4, 0.5) is 4.39 Å². The first-order valence-electron chi connectivity index (χ1n) is 9.60. The highest BCUT2D eigenvalue weighted by Crippen LogP contribution is 2.36. The summed E-state index contributed by atoms with van der Waals surface area (Å²) in [5.74, 6) is 1.18. The van der Waals surface area contributed by atoms with E-state index in [-0.39, 0.29) is 29.8 Å². The largest absolute Gasteiger partial charge is 0.356 e. The lowest BCUT2D eigenvalue weighted by Crippen LogP contribution is -2.45. The minimum Gasteiger partial charge on any atom is -0.356 e. The maximum absolute atomic E-state index is 13.7. The van der Waals surface area contributed by atoms with Crippen LogP contribution >= 0.6 is 35.3 Å². The predicted octanol–water partition coefficient (Wildman–Crippen LogP) is 4.30. The van der Waals surface area contributed by atoms with Crippen molar-refractivity contribution in [1.82, 2.24) is 15.5 Å². The first-order chi connectivity index (χ1) is 13.2. The van der Waals surface area contributed by atoms with Gasteiger partial charge in [-0.05, 0) is 61.8 Å². The molecule has 4 nitrogen and oxygen atoms in total. The van der Waals surface area contributed by atoms with Gasteiger partial charge in [-0.3, -0.25) is 9.89 Å². The average Bonchev–Trinajstić information content (AvgIpc) is 3.20. The zero-order valence-electron chi connectivity index (χ0n) is 16.5. The Morgan fingerprint density at radius 1 is 1.25 bits per heavy atom. The van der Waals surface area contributed by atoms with Crippen molar-refractivity contribution in [3.63, 3.8) is 0 Å². The maximum Gasteiger partial charge on any atom is 0.190 e. The van der Waals surface area contributed by atoms with Gasteiger partial charge in [0, 0.05) is 31.1 Å². The van der Waals surface area contributed by atoms with Gasteiger partial charge in [0.1, 0.15) is 5.82 Å². The second-order valence-corrected chi connectivity index (χ2v) is 8.04. The lowest BCUT2D eigenvalue weighted by atomic mass is 9.88. The Kier molecular flexibility index (Phi) is 9.67. The van der Waals surface area contributed by atoms with Crippen LogP contribution in [-0.4, -0.2) is 44.6 Å². The third-order valence-electron chi connectivity index (χ3n) is 5.24. The van der Waals surface area contributed by atoms with Gasteiger partial charge in [0.05, 0.1) is 0 Å². The van der Waals surface area contributed by atoms with Crippen LogP contribution in [0.5, 0.6) is 0 Å². The summed E-state index contributed by atoms with van der Waals surface area (Å²) in [6.07, 6.45) is 3.08. The lowest BCUT2D eigenvalue weighted by molar-refractivity contribution is 0.125. The molecule has 1 fully saturated rings. The van der Waals surface area contributed by atoms with Gasteiger partial charge >= 0.3 is 0 Å². The molecule has 154 valence electrons. The van der Waals surface area contributed by atoms with E-state index in [0.717, 1.165) is 24.6 Å². The third kappa shape index (κ3) is 6.15. The van der Waals surface area contributed by atoms with Crippen LogP contribution in [0.1, 0.15) is 29.3 Å². The molecule has 2 unspecified atom stereocenters. The Hall–Kier alpha value is -1.19. The summed E-state index contributed by atoms with van der Waals surface area (Å²) in [5, 5.41) is 8.94. The highest BCUT2D eigenvalue weighted by molar-refractivity contribution is 14.0. The molecule has 2 N–H and O–H groups in total. The van der Waals surface area contributed by atoms with E-state index in [2.05, 4.69) is 45.1 Å².